The molecule has 3 aromatic heterocycles. The highest BCUT2D eigenvalue weighted by molar-refractivity contribution is 6.02. The van der Waals surface area contributed by atoms with Crippen molar-refractivity contribution >= 4 is 16.9 Å². The number of rotatable bonds is 6. The van der Waals surface area contributed by atoms with Gasteiger partial charge < -0.3 is 5.32 Å². The fourth-order valence-electron chi connectivity index (χ4n) is 3.79. The number of nitrogens with one attached hydrogen (secondary N) is 2. The predicted octanol–water partition coefficient (Wildman–Crippen LogP) is 3.26. The molecule has 0 atom stereocenters. The summed E-state index contributed by atoms with van der Waals surface area (Å²) in [6, 6.07) is 0.00511. The lowest BCUT2D eigenvalue weighted by atomic mass is 9.83. The molecule has 1 fully saturated rings. The molecule has 0 saturated heterocycles. The molecule has 0 bridgehead atoms. The van der Waals surface area contributed by atoms with E-state index in [-0.39, 0.29) is 24.1 Å². The van der Waals surface area contributed by atoms with Crippen molar-refractivity contribution in [2.45, 2.75) is 57.4 Å². The van der Waals surface area contributed by atoms with Gasteiger partial charge in [0.1, 0.15) is 17.4 Å². The third kappa shape index (κ3) is 4.57. The summed E-state index contributed by atoms with van der Waals surface area (Å²) in [4.78, 5) is 25.7. The van der Waals surface area contributed by atoms with Crippen molar-refractivity contribution in [1.29, 1.82) is 0 Å². The van der Waals surface area contributed by atoms with E-state index in [2.05, 4.69) is 30.5 Å². The van der Waals surface area contributed by atoms with Crippen molar-refractivity contribution in [3.63, 3.8) is 0 Å². The first-order chi connectivity index (χ1) is 13.9. The molecule has 29 heavy (non-hydrogen) atoms. The van der Waals surface area contributed by atoms with Crippen LogP contribution in [0, 0.1) is 5.92 Å². The highest BCUT2D eigenvalue weighted by atomic mass is 19.3. The molecule has 0 aromatic carbocycles. The quantitative estimate of drug-likeness (QED) is 0.658. The van der Waals surface area contributed by atoms with Gasteiger partial charge in [-0.2, -0.15) is 5.10 Å². The highest BCUT2D eigenvalue weighted by Crippen LogP contribution is 2.31. The van der Waals surface area contributed by atoms with Crippen LogP contribution in [-0.4, -0.2) is 47.6 Å². The Morgan fingerprint density at radius 2 is 2.10 bits per heavy atom. The van der Waals surface area contributed by atoms with Crippen LogP contribution in [0.1, 0.15) is 55.9 Å². The van der Waals surface area contributed by atoms with E-state index in [1.54, 1.807) is 29.5 Å². The molecule has 3 heterocycles. The van der Waals surface area contributed by atoms with Crippen LogP contribution in [0.4, 0.5) is 8.78 Å². The van der Waals surface area contributed by atoms with E-state index in [4.69, 9.17) is 0 Å². The molecule has 10 heteroatoms. The number of aromatic nitrogens is 6. The molecular weight excluding hydrogens is 380 g/mol. The molecule has 1 aliphatic rings. The van der Waals surface area contributed by atoms with Gasteiger partial charge in [0.25, 0.3) is 5.91 Å². The van der Waals surface area contributed by atoms with Crippen LogP contribution in [0.2, 0.25) is 0 Å². The summed E-state index contributed by atoms with van der Waals surface area (Å²) in [5.41, 5.74) is 1.24. The minimum atomic E-state index is -2.61. The van der Waals surface area contributed by atoms with Gasteiger partial charge in [0.05, 0.1) is 6.20 Å². The first-order valence-electron chi connectivity index (χ1n) is 9.77. The number of carbonyl (C=O) groups excluding carboxylic acids is 1. The molecule has 3 aromatic rings. The second kappa shape index (κ2) is 7.84. The number of amides is 1. The van der Waals surface area contributed by atoms with E-state index in [0.29, 0.717) is 29.3 Å². The van der Waals surface area contributed by atoms with Gasteiger partial charge in [-0.05, 0) is 44.9 Å². The maximum absolute atomic E-state index is 13.1. The van der Waals surface area contributed by atoms with E-state index in [1.807, 2.05) is 0 Å². The number of alkyl halides is 2. The first-order valence-corrected chi connectivity index (χ1v) is 9.77. The molecule has 0 unspecified atom stereocenters. The minimum Gasteiger partial charge on any atom is -0.348 e. The number of nitrogens with zero attached hydrogens (tertiary/aromatic N) is 5. The molecule has 154 valence electrons. The van der Waals surface area contributed by atoms with E-state index < -0.39 is 5.92 Å². The number of aromatic amines is 1. The third-order valence-corrected chi connectivity index (χ3v) is 5.41. The zero-order valence-corrected chi connectivity index (χ0v) is 16.1. The van der Waals surface area contributed by atoms with Gasteiger partial charge in [0.2, 0.25) is 11.9 Å². The first kappa shape index (κ1) is 19.4. The number of hydrogen-bond donors (Lipinski definition) is 2. The van der Waals surface area contributed by atoms with Crippen LogP contribution in [0.3, 0.4) is 0 Å². The van der Waals surface area contributed by atoms with Gasteiger partial charge in [0, 0.05) is 24.9 Å². The van der Waals surface area contributed by atoms with E-state index in [9.17, 15) is 13.6 Å². The van der Waals surface area contributed by atoms with Gasteiger partial charge in [-0.15, -0.1) is 0 Å². The molecule has 1 saturated carbocycles. The van der Waals surface area contributed by atoms with Crippen LogP contribution >= 0.6 is 0 Å². The average molecular weight is 403 g/mol. The topological polar surface area (TPSA) is 101 Å². The average Bonchev–Trinajstić information content (AvgIpc) is 3.37. The highest BCUT2D eigenvalue weighted by Gasteiger charge is 2.28. The van der Waals surface area contributed by atoms with Crippen LogP contribution in [0.15, 0.2) is 24.9 Å². The number of carbonyl (C=O) groups is 1. The summed E-state index contributed by atoms with van der Waals surface area (Å²) in [7, 11) is 0. The normalized spacial score (nSPS) is 20.1. The second-order valence-corrected chi connectivity index (χ2v) is 7.77. The maximum Gasteiger partial charge on any atom is 0.272 e. The molecule has 0 radical (unpaired) electrons. The Bertz CT molecular complexity index is 972. The SMILES string of the molecule is CC(F)(F)CCC1CCC(NC(=O)c2nc(-n3ccnc3)nc3cn[nH]c23)CC1. The van der Waals surface area contributed by atoms with Crippen molar-refractivity contribution in [1.82, 2.24) is 35.0 Å². The van der Waals surface area contributed by atoms with Crippen molar-refractivity contribution in [2.24, 2.45) is 5.92 Å². The van der Waals surface area contributed by atoms with Crippen molar-refractivity contribution in [3.8, 4) is 5.95 Å². The molecular formula is C19H23F2N7O. The van der Waals surface area contributed by atoms with Crippen molar-refractivity contribution in [3.05, 3.63) is 30.6 Å². The monoisotopic (exact) mass is 403 g/mol. The number of H-pyrrole nitrogens is 1. The maximum atomic E-state index is 13.1. The lowest BCUT2D eigenvalue weighted by Crippen LogP contribution is -2.38. The molecule has 4 rings (SSSR count). The Kier molecular flexibility index (Phi) is 5.25. The summed E-state index contributed by atoms with van der Waals surface area (Å²) in [5.74, 6) is -2.28. The number of imidazole rings is 1. The minimum absolute atomic E-state index is 0.00511. The zero-order chi connectivity index (χ0) is 20.4. The number of halogens is 2. The summed E-state index contributed by atoms with van der Waals surface area (Å²) in [5, 5.41) is 9.79. The summed E-state index contributed by atoms with van der Waals surface area (Å²) >= 11 is 0. The zero-order valence-electron chi connectivity index (χ0n) is 16.1. The van der Waals surface area contributed by atoms with Crippen LogP contribution in [0.25, 0.3) is 17.0 Å². The Balaban J connectivity index is 1.43. The van der Waals surface area contributed by atoms with Crippen molar-refractivity contribution in [2.75, 3.05) is 0 Å². The number of fused-ring (bicyclic) bond motifs is 1. The van der Waals surface area contributed by atoms with Gasteiger partial charge in [-0.3, -0.25) is 14.5 Å². The Labute approximate surface area is 166 Å². The Morgan fingerprint density at radius 1 is 1.31 bits per heavy atom. The predicted molar refractivity (Wildman–Crippen MR) is 102 cm³/mol. The van der Waals surface area contributed by atoms with Gasteiger partial charge in [0.15, 0.2) is 5.69 Å². The summed E-state index contributed by atoms with van der Waals surface area (Å²) < 4.78 is 27.8. The van der Waals surface area contributed by atoms with Gasteiger partial charge in [-0.1, -0.05) is 0 Å². The smallest absolute Gasteiger partial charge is 0.272 e. The summed E-state index contributed by atoms with van der Waals surface area (Å²) in [6.07, 6.45) is 10.1. The van der Waals surface area contributed by atoms with Gasteiger partial charge >= 0.3 is 0 Å². The molecule has 1 aliphatic carbocycles. The largest absolute Gasteiger partial charge is 0.348 e. The van der Waals surface area contributed by atoms with Crippen LogP contribution < -0.4 is 5.32 Å². The van der Waals surface area contributed by atoms with E-state index >= 15 is 0 Å². The van der Waals surface area contributed by atoms with Crippen LogP contribution in [0.5, 0.6) is 0 Å². The van der Waals surface area contributed by atoms with Gasteiger partial charge in [-0.25, -0.2) is 23.7 Å². The Hall–Kier alpha value is -2.91. The fourth-order valence-corrected chi connectivity index (χ4v) is 3.79. The fraction of sp³-hybridized carbons (Fsp3) is 0.526. The molecule has 2 N–H and O–H groups in total. The Morgan fingerprint density at radius 3 is 2.79 bits per heavy atom. The second-order valence-electron chi connectivity index (χ2n) is 7.77. The molecule has 1 amide bonds. The standard InChI is InChI=1S/C19H23F2N7O/c1-19(20,21)7-6-12-2-4-13(5-3-12)24-17(29)16-15-14(10-23-27-15)25-18(26-16)28-9-8-22-11-28/h8-13H,2-7H2,1H3,(H,23,27)(H,24,29). The lowest BCUT2D eigenvalue weighted by molar-refractivity contribution is 0.00482. The summed E-state index contributed by atoms with van der Waals surface area (Å²) in [6.45, 7) is 0.967. The molecule has 0 spiro atoms. The van der Waals surface area contributed by atoms with Crippen LogP contribution in [-0.2, 0) is 0 Å². The van der Waals surface area contributed by atoms with E-state index in [1.165, 1.54) is 0 Å². The lowest BCUT2D eigenvalue weighted by Gasteiger charge is -2.29. The molecule has 0 aliphatic heterocycles. The van der Waals surface area contributed by atoms with E-state index in [0.717, 1.165) is 32.6 Å². The third-order valence-electron chi connectivity index (χ3n) is 5.41. The number of hydrogen-bond acceptors (Lipinski definition) is 5. The van der Waals surface area contributed by atoms with Crippen molar-refractivity contribution < 1.29 is 13.6 Å². The molecule has 8 nitrogen and oxygen atoms in total.